The number of aryl methyl sites for hydroxylation is 1. The molecule has 0 spiro atoms. The summed E-state index contributed by atoms with van der Waals surface area (Å²) in [7, 11) is 0. The summed E-state index contributed by atoms with van der Waals surface area (Å²) in [6.07, 6.45) is -1.96. The highest BCUT2D eigenvalue weighted by molar-refractivity contribution is 5.86. The number of hydrogen-bond donors (Lipinski definition) is 2. The molecule has 1 saturated heterocycles. The number of hydrogen-bond acceptors (Lipinski definition) is 4. The smallest absolute Gasteiger partial charge is 0.252 e. The molecule has 2 aromatic rings. The Bertz CT molecular complexity index is 1080. The van der Waals surface area contributed by atoms with Gasteiger partial charge in [0.15, 0.2) is 6.17 Å². The number of aromatic nitrogens is 1. The van der Waals surface area contributed by atoms with E-state index in [0.29, 0.717) is 15.8 Å². The second-order valence-electron chi connectivity index (χ2n) is 7.42. The van der Waals surface area contributed by atoms with Crippen molar-refractivity contribution in [3.05, 3.63) is 50.4 Å². The highest BCUT2D eigenvalue weighted by Crippen LogP contribution is 2.24. The Morgan fingerprint density at radius 3 is 2.86 bits per heavy atom. The number of nitroso groups, excluding NO2 is 1. The monoisotopic (exact) mass is 403 g/mol. The number of fused-ring (bicyclic) bond motifs is 1. The minimum Gasteiger partial charge on any atom is -0.346 e. The van der Waals surface area contributed by atoms with E-state index in [2.05, 4.69) is 10.3 Å². The number of benzene rings is 1. The number of nitrogens with zero attached hydrogens (tertiary/aromatic N) is 2. The second kappa shape index (κ2) is 8.07. The summed E-state index contributed by atoms with van der Waals surface area (Å²) < 4.78 is 29.0. The first kappa shape index (κ1) is 20.6. The van der Waals surface area contributed by atoms with Gasteiger partial charge in [-0.05, 0) is 31.5 Å². The van der Waals surface area contributed by atoms with Crippen molar-refractivity contribution < 1.29 is 18.3 Å². The number of nitrogens with one attached hydrogen (secondary N) is 2. The summed E-state index contributed by atoms with van der Waals surface area (Å²) in [5.74, 6) is -1.78. The molecule has 0 radical (unpaired) electrons. The van der Waals surface area contributed by atoms with Gasteiger partial charge in [-0.3, -0.25) is 9.59 Å². The van der Waals surface area contributed by atoms with Gasteiger partial charge >= 0.3 is 0 Å². The topological polar surface area (TPSA) is 106 Å². The highest BCUT2D eigenvalue weighted by Gasteiger charge is 2.47. The first-order chi connectivity index (χ1) is 13.7. The molecule has 29 heavy (non-hydrogen) atoms. The minimum atomic E-state index is -1.55. The average Bonchev–Trinajstić information content (AvgIpc) is 2.64. The lowest BCUT2D eigenvalue weighted by Gasteiger charge is -2.26. The van der Waals surface area contributed by atoms with Crippen LogP contribution < -0.4 is 10.9 Å². The minimum absolute atomic E-state index is 0.0666. The van der Waals surface area contributed by atoms with Gasteiger partial charge in [-0.25, -0.2) is 8.78 Å². The normalized spacial score (nSPS) is 22.9. The third-order valence-corrected chi connectivity index (χ3v) is 5.40. The van der Waals surface area contributed by atoms with E-state index in [4.69, 9.17) is 5.26 Å². The van der Waals surface area contributed by atoms with Crippen LogP contribution in [0.5, 0.6) is 0 Å². The molecule has 1 aromatic carbocycles. The summed E-state index contributed by atoms with van der Waals surface area (Å²) in [5.41, 5.74) is 0.289. The fraction of sp³-hybridized carbons (Fsp3) is 0.450. The Morgan fingerprint density at radius 2 is 2.21 bits per heavy atom. The molecule has 3 rings (SSSR count). The summed E-state index contributed by atoms with van der Waals surface area (Å²) in [6, 6.07) is 4.26. The van der Waals surface area contributed by atoms with E-state index in [1.54, 1.807) is 13.0 Å². The SMILES string of the molecule is Cc1c(CC(=O)N[C@@H](C)C2C(F)CC(C#N)C[N+]2=O)c(=O)[nH]c2cccc(F)c12. The molecular weight excluding hydrogens is 382 g/mol. The third kappa shape index (κ3) is 4.01. The van der Waals surface area contributed by atoms with Crippen molar-refractivity contribution in [2.75, 3.05) is 6.54 Å². The van der Waals surface area contributed by atoms with E-state index in [-0.39, 0.29) is 30.3 Å². The second-order valence-corrected chi connectivity index (χ2v) is 7.42. The van der Waals surface area contributed by atoms with Crippen LogP contribution in [-0.2, 0) is 11.2 Å². The Hall–Kier alpha value is -3.15. The van der Waals surface area contributed by atoms with Gasteiger partial charge in [-0.1, -0.05) is 6.07 Å². The predicted octanol–water partition coefficient (Wildman–Crippen LogP) is 2.05. The van der Waals surface area contributed by atoms with Crippen LogP contribution in [0, 0.1) is 34.9 Å². The van der Waals surface area contributed by atoms with E-state index in [9.17, 15) is 23.3 Å². The summed E-state index contributed by atoms with van der Waals surface area (Å²) >= 11 is 0. The number of rotatable bonds is 4. The van der Waals surface area contributed by atoms with E-state index < -0.39 is 41.5 Å². The lowest BCUT2D eigenvalue weighted by Crippen LogP contribution is -2.55. The van der Waals surface area contributed by atoms with Crippen LogP contribution in [-0.4, -0.2) is 40.5 Å². The van der Waals surface area contributed by atoms with E-state index >= 15 is 0 Å². The van der Waals surface area contributed by atoms with Crippen molar-refractivity contribution in [1.29, 1.82) is 5.26 Å². The Balaban J connectivity index is 1.78. The van der Waals surface area contributed by atoms with Gasteiger partial charge in [0.25, 0.3) is 11.6 Å². The number of alkyl halides is 1. The average molecular weight is 403 g/mol. The van der Waals surface area contributed by atoms with Gasteiger partial charge in [0, 0.05) is 27.0 Å². The van der Waals surface area contributed by atoms with Crippen LogP contribution in [0.25, 0.3) is 10.9 Å². The molecule has 2 heterocycles. The number of carbonyl (C=O) groups is 1. The zero-order valence-corrected chi connectivity index (χ0v) is 16.0. The van der Waals surface area contributed by atoms with Gasteiger partial charge in [-0.15, -0.1) is 0 Å². The molecule has 1 aliphatic rings. The molecule has 3 unspecified atom stereocenters. The van der Waals surface area contributed by atoms with Gasteiger partial charge in [0.2, 0.25) is 12.5 Å². The van der Waals surface area contributed by atoms with Gasteiger partial charge in [0.1, 0.15) is 11.7 Å². The van der Waals surface area contributed by atoms with Crippen molar-refractivity contribution >= 4 is 16.8 Å². The molecule has 1 aliphatic heterocycles. The number of H-pyrrole nitrogens is 1. The van der Waals surface area contributed by atoms with Crippen molar-refractivity contribution in [2.45, 2.75) is 44.9 Å². The number of halogens is 2. The number of carbonyl (C=O) groups excluding carboxylic acids is 1. The lowest BCUT2D eigenvalue weighted by molar-refractivity contribution is -0.610. The quantitative estimate of drug-likeness (QED) is 0.762. The van der Waals surface area contributed by atoms with Crippen molar-refractivity contribution in [3.63, 3.8) is 0 Å². The van der Waals surface area contributed by atoms with Crippen molar-refractivity contribution in [2.24, 2.45) is 5.92 Å². The molecular formula is C20H21F2N4O3+. The fourth-order valence-corrected chi connectivity index (χ4v) is 3.95. The highest BCUT2D eigenvalue weighted by atomic mass is 19.1. The largest absolute Gasteiger partial charge is 0.346 e. The van der Waals surface area contributed by atoms with Crippen molar-refractivity contribution in [1.82, 2.24) is 10.3 Å². The van der Waals surface area contributed by atoms with Gasteiger partial charge < -0.3 is 10.3 Å². The number of aromatic amines is 1. The molecule has 7 nitrogen and oxygen atoms in total. The molecule has 1 aromatic heterocycles. The maximum atomic E-state index is 14.4. The third-order valence-electron chi connectivity index (χ3n) is 5.40. The molecule has 0 saturated carbocycles. The summed E-state index contributed by atoms with van der Waals surface area (Å²) in [6.45, 7) is 2.95. The maximum absolute atomic E-state index is 14.4. The summed E-state index contributed by atoms with van der Waals surface area (Å²) in [5, 5.41) is 11.7. The maximum Gasteiger partial charge on any atom is 0.252 e. The first-order valence-corrected chi connectivity index (χ1v) is 9.29. The van der Waals surface area contributed by atoms with Crippen LogP contribution in [0.4, 0.5) is 8.78 Å². The molecule has 4 atom stereocenters. The van der Waals surface area contributed by atoms with E-state index in [0.717, 1.165) is 0 Å². The molecule has 152 valence electrons. The number of pyridine rings is 1. The Kier molecular flexibility index (Phi) is 5.73. The van der Waals surface area contributed by atoms with Crippen LogP contribution in [0.2, 0.25) is 0 Å². The molecule has 2 N–H and O–H groups in total. The van der Waals surface area contributed by atoms with Crippen LogP contribution in [0.15, 0.2) is 23.0 Å². The number of piperidine rings is 1. The van der Waals surface area contributed by atoms with E-state index in [1.165, 1.54) is 19.1 Å². The molecule has 0 aliphatic carbocycles. The zero-order valence-electron chi connectivity index (χ0n) is 16.0. The predicted molar refractivity (Wildman–Crippen MR) is 101 cm³/mol. The van der Waals surface area contributed by atoms with Gasteiger partial charge in [0.05, 0.1) is 24.0 Å². The van der Waals surface area contributed by atoms with Crippen LogP contribution in [0.1, 0.15) is 24.5 Å². The van der Waals surface area contributed by atoms with Crippen LogP contribution in [0.3, 0.4) is 0 Å². The fourth-order valence-electron chi connectivity index (χ4n) is 3.95. The lowest BCUT2D eigenvalue weighted by atomic mass is 9.90. The Labute approximate surface area is 165 Å². The van der Waals surface area contributed by atoms with Gasteiger partial charge in [-0.2, -0.15) is 5.26 Å². The molecule has 1 amide bonds. The Morgan fingerprint density at radius 1 is 1.48 bits per heavy atom. The van der Waals surface area contributed by atoms with Crippen LogP contribution >= 0.6 is 0 Å². The molecule has 1 fully saturated rings. The van der Waals surface area contributed by atoms with E-state index in [1.807, 2.05) is 6.07 Å². The van der Waals surface area contributed by atoms with Crippen molar-refractivity contribution in [3.8, 4) is 6.07 Å². The molecule has 0 bridgehead atoms. The zero-order chi connectivity index (χ0) is 21.3. The standard InChI is InChI=1S/C20H20F2N4O3/c1-10-13(20(28)25-16-5-3-4-14(21)18(10)16)7-17(27)24-11(2)19-15(22)6-12(8-23)9-26(19)29/h3-5,11-12,15,19H,6-7,9H2,1-2H3,(H-,24,25,27,28)/p+1/t11-,12?,15?,19?/m0/s1. The first-order valence-electron chi connectivity index (χ1n) is 9.29. The number of amides is 1. The molecule has 9 heteroatoms. The number of nitriles is 1. The summed E-state index contributed by atoms with van der Waals surface area (Å²) in [4.78, 5) is 39.5.